The molecular formula is C60H40N2S. The van der Waals surface area contributed by atoms with Crippen molar-refractivity contribution in [2.45, 2.75) is 0 Å². The molecule has 0 fully saturated rings. The minimum absolute atomic E-state index is 1.09. The molecule has 0 aliphatic heterocycles. The first-order valence-corrected chi connectivity index (χ1v) is 22.3. The Hall–Kier alpha value is -7.98. The molecule has 12 rings (SSSR count). The summed E-state index contributed by atoms with van der Waals surface area (Å²) in [6, 6.07) is 88.4. The van der Waals surface area contributed by atoms with Gasteiger partial charge in [0.15, 0.2) is 0 Å². The van der Waals surface area contributed by atoms with Crippen molar-refractivity contribution in [2.75, 3.05) is 4.90 Å². The topological polar surface area (TPSA) is 8.17 Å². The molecule has 12 aromatic rings. The second-order valence-electron chi connectivity index (χ2n) is 16.1. The lowest BCUT2D eigenvalue weighted by molar-refractivity contribution is 1.18. The van der Waals surface area contributed by atoms with E-state index in [-0.39, 0.29) is 0 Å². The average Bonchev–Trinajstić information content (AvgIpc) is 3.90. The molecule has 0 atom stereocenters. The highest BCUT2D eigenvalue weighted by Crippen LogP contribution is 2.47. The molecule has 0 amide bonds. The molecule has 0 radical (unpaired) electrons. The fraction of sp³-hybridized carbons (Fsp3) is 0. The monoisotopic (exact) mass is 820 g/mol. The molecule has 63 heavy (non-hydrogen) atoms. The quantitative estimate of drug-likeness (QED) is 0.148. The van der Waals surface area contributed by atoms with Gasteiger partial charge in [0.1, 0.15) is 0 Å². The molecule has 0 aliphatic carbocycles. The van der Waals surface area contributed by atoms with Gasteiger partial charge in [-0.2, -0.15) is 0 Å². The third-order valence-electron chi connectivity index (χ3n) is 12.4. The highest BCUT2D eigenvalue weighted by Gasteiger charge is 2.21. The Morgan fingerprint density at radius 1 is 0.302 bits per heavy atom. The molecule has 10 aromatic carbocycles. The van der Waals surface area contributed by atoms with Crippen LogP contribution >= 0.6 is 11.3 Å². The second kappa shape index (κ2) is 15.5. The third-order valence-corrected chi connectivity index (χ3v) is 13.6. The smallest absolute Gasteiger partial charge is 0.0541 e. The maximum atomic E-state index is 2.44. The summed E-state index contributed by atoms with van der Waals surface area (Å²) in [5.41, 5.74) is 16.4. The SMILES string of the molecule is c1ccc(-c2ccccc2-c2ccccc2-c2ccccc2N(c2ccc(-c3ccc(-n4c5ccccc5c5ccccc54)cc3)cc2)c2ccc3c(c2)sc2ccccc23)cc1. The summed E-state index contributed by atoms with van der Waals surface area (Å²) >= 11 is 1.86. The van der Waals surface area contributed by atoms with E-state index in [2.05, 4.69) is 252 Å². The number of anilines is 3. The maximum Gasteiger partial charge on any atom is 0.0541 e. The number of hydrogen-bond donors (Lipinski definition) is 0. The summed E-state index contributed by atoms with van der Waals surface area (Å²) in [6.45, 7) is 0. The molecule has 0 bridgehead atoms. The average molecular weight is 821 g/mol. The number of rotatable bonds is 8. The fourth-order valence-corrected chi connectivity index (χ4v) is 10.7. The number of nitrogens with zero attached hydrogens (tertiary/aromatic N) is 2. The van der Waals surface area contributed by atoms with Crippen LogP contribution in [0.2, 0.25) is 0 Å². The molecule has 3 heteroatoms. The molecule has 0 unspecified atom stereocenters. The number of benzene rings is 10. The number of aromatic nitrogens is 1. The van der Waals surface area contributed by atoms with Crippen LogP contribution in [0.25, 0.3) is 92.2 Å². The zero-order valence-corrected chi connectivity index (χ0v) is 35.2. The van der Waals surface area contributed by atoms with Gasteiger partial charge in [-0.1, -0.05) is 182 Å². The number of thiophene rings is 1. The van der Waals surface area contributed by atoms with E-state index in [0.29, 0.717) is 0 Å². The van der Waals surface area contributed by atoms with Crippen LogP contribution < -0.4 is 4.90 Å². The van der Waals surface area contributed by atoms with E-state index in [1.165, 1.54) is 80.9 Å². The van der Waals surface area contributed by atoms with Crippen LogP contribution in [0.5, 0.6) is 0 Å². The van der Waals surface area contributed by atoms with Crippen LogP contribution in [0.1, 0.15) is 0 Å². The van der Waals surface area contributed by atoms with Crippen LogP contribution in [0.4, 0.5) is 17.1 Å². The minimum Gasteiger partial charge on any atom is -0.310 e. The molecule has 296 valence electrons. The molecule has 0 N–H and O–H groups in total. The highest BCUT2D eigenvalue weighted by molar-refractivity contribution is 7.25. The predicted molar refractivity (Wildman–Crippen MR) is 270 cm³/mol. The van der Waals surface area contributed by atoms with Gasteiger partial charge in [-0.3, -0.25) is 0 Å². The highest BCUT2D eigenvalue weighted by atomic mass is 32.1. The van der Waals surface area contributed by atoms with E-state index in [9.17, 15) is 0 Å². The van der Waals surface area contributed by atoms with Crippen LogP contribution in [0.15, 0.2) is 243 Å². The molecule has 0 saturated carbocycles. The van der Waals surface area contributed by atoms with Crippen molar-refractivity contribution in [3.63, 3.8) is 0 Å². The number of hydrogen-bond acceptors (Lipinski definition) is 2. The Morgan fingerprint density at radius 3 is 1.46 bits per heavy atom. The zero-order chi connectivity index (χ0) is 41.7. The zero-order valence-electron chi connectivity index (χ0n) is 34.4. The summed E-state index contributed by atoms with van der Waals surface area (Å²) < 4.78 is 4.95. The summed E-state index contributed by atoms with van der Waals surface area (Å²) in [5.74, 6) is 0. The molecule has 0 aliphatic rings. The van der Waals surface area contributed by atoms with E-state index in [0.717, 1.165) is 28.3 Å². The standard InChI is InChI=1S/C60H40N2S/c1-2-16-43(17-3-1)47-18-4-5-19-48(47)49-20-6-7-21-50(49)51-22-8-12-26-56(51)61(46-38-39-55-54-25-11-15-29-59(54)63-60(55)40-46)44-34-30-41(31-35-44)42-32-36-45(37-33-42)62-57-27-13-9-23-52(57)53-24-10-14-28-58(53)62/h1-40H. The van der Waals surface area contributed by atoms with Crippen LogP contribution in [0, 0.1) is 0 Å². The first-order valence-electron chi connectivity index (χ1n) is 21.5. The number of para-hydroxylation sites is 3. The van der Waals surface area contributed by atoms with Crippen molar-refractivity contribution in [1.29, 1.82) is 0 Å². The van der Waals surface area contributed by atoms with Crippen molar-refractivity contribution in [3.8, 4) is 50.2 Å². The predicted octanol–water partition coefficient (Wildman–Crippen LogP) is 17.3. The normalized spacial score (nSPS) is 11.5. The van der Waals surface area contributed by atoms with E-state index < -0.39 is 0 Å². The van der Waals surface area contributed by atoms with E-state index >= 15 is 0 Å². The van der Waals surface area contributed by atoms with Gasteiger partial charge in [0, 0.05) is 53.6 Å². The summed E-state index contributed by atoms with van der Waals surface area (Å²) in [7, 11) is 0. The third kappa shape index (κ3) is 6.41. The Kier molecular flexibility index (Phi) is 9.06. The van der Waals surface area contributed by atoms with Crippen LogP contribution in [-0.2, 0) is 0 Å². The Morgan fingerprint density at radius 2 is 0.778 bits per heavy atom. The second-order valence-corrected chi connectivity index (χ2v) is 17.1. The van der Waals surface area contributed by atoms with Gasteiger partial charge in [-0.05, 0) is 99.6 Å². The molecule has 0 spiro atoms. The Labute approximate surface area is 370 Å². The molecule has 0 saturated heterocycles. The lowest BCUT2D eigenvalue weighted by Gasteiger charge is -2.29. The first kappa shape index (κ1) is 36.8. The largest absolute Gasteiger partial charge is 0.310 e. The van der Waals surface area contributed by atoms with Gasteiger partial charge in [-0.15, -0.1) is 11.3 Å². The lowest BCUT2D eigenvalue weighted by atomic mass is 9.88. The molecule has 2 nitrogen and oxygen atoms in total. The van der Waals surface area contributed by atoms with Gasteiger partial charge in [0.2, 0.25) is 0 Å². The molecule has 2 heterocycles. The van der Waals surface area contributed by atoms with Crippen molar-refractivity contribution in [1.82, 2.24) is 4.57 Å². The summed E-state index contributed by atoms with van der Waals surface area (Å²) in [6.07, 6.45) is 0. The van der Waals surface area contributed by atoms with Gasteiger partial charge < -0.3 is 9.47 Å². The maximum absolute atomic E-state index is 2.44. The van der Waals surface area contributed by atoms with Gasteiger partial charge >= 0.3 is 0 Å². The van der Waals surface area contributed by atoms with Crippen molar-refractivity contribution >= 4 is 70.4 Å². The minimum atomic E-state index is 1.09. The molecular weight excluding hydrogens is 781 g/mol. The van der Waals surface area contributed by atoms with Gasteiger partial charge in [-0.25, -0.2) is 0 Å². The fourth-order valence-electron chi connectivity index (χ4n) is 9.52. The van der Waals surface area contributed by atoms with Crippen LogP contribution in [0.3, 0.4) is 0 Å². The first-order chi connectivity index (χ1) is 31.3. The van der Waals surface area contributed by atoms with E-state index in [4.69, 9.17) is 0 Å². The van der Waals surface area contributed by atoms with Gasteiger partial charge in [0.25, 0.3) is 0 Å². The molecule has 2 aromatic heterocycles. The van der Waals surface area contributed by atoms with Crippen molar-refractivity contribution < 1.29 is 0 Å². The lowest BCUT2D eigenvalue weighted by Crippen LogP contribution is -2.11. The summed E-state index contributed by atoms with van der Waals surface area (Å²) in [5, 5.41) is 5.13. The Bertz CT molecular complexity index is 3560. The number of fused-ring (bicyclic) bond motifs is 6. The van der Waals surface area contributed by atoms with Crippen molar-refractivity contribution in [2.24, 2.45) is 0 Å². The summed E-state index contributed by atoms with van der Waals surface area (Å²) in [4.78, 5) is 2.44. The van der Waals surface area contributed by atoms with E-state index in [1.807, 2.05) is 11.3 Å². The van der Waals surface area contributed by atoms with Crippen LogP contribution in [-0.4, -0.2) is 4.57 Å². The van der Waals surface area contributed by atoms with Crippen molar-refractivity contribution in [3.05, 3.63) is 243 Å². The Balaban J connectivity index is 0.978. The van der Waals surface area contributed by atoms with Gasteiger partial charge in [0.05, 0.1) is 16.7 Å². The van der Waals surface area contributed by atoms with E-state index in [1.54, 1.807) is 0 Å².